The molecule has 0 amide bonds. The molecule has 1 aliphatic rings. The average Bonchev–Trinajstić information content (AvgIpc) is 2.58. The molecule has 1 aliphatic carbocycles. The molecule has 1 heterocycles. The molecule has 0 radical (unpaired) electrons. The van der Waals surface area contributed by atoms with Gasteiger partial charge in [0.05, 0.1) is 11.2 Å². The zero-order valence-electron chi connectivity index (χ0n) is 14.1. The predicted octanol–water partition coefficient (Wildman–Crippen LogP) is 5.40. The summed E-state index contributed by atoms with van der Waals surface area (Å²) in [6.07, 6.45) is 1.69. The standard InChI is InChI=1S/C22H18N2/c1-13-10-17-19-18(11-13)23-12-24-21(19)16-9-8-14-6-4-5-7-15(14)20(16)22(17,2)3/h4-12H,1-3H3. The minimum Gasteiger partial charge on any atom is -0.236 e. The van der Waals surface area contributed by atoms with Crippen LogP contribution in [-0.4, -0.2) is 9.97 Å². The largest absolute Gasteiger partial charge is 0.236 e. The Morgan fingerprint density at radius 1 is 0.917 bits per heavy atom. The van der Waals surface area contributed by atoms with E-state index in [0.717, 1.165) is 11.2 Å². The Balaban J connectivity index is 2.06. The number of fused-ring (bicyclic) bond motifs is 4. The van der Waals surface area contributed by atoms with Gasteiger partial charge in [0.15, 0.2) is 0 Å². The van der Waals surface area contributed by atoms with Crippen molar-refractivity contribution >= 4 is 21.7 Å². The number of hydrogen-bond acceptors (Lipinski definition) is 2. The first-order chi connectivity index (χ1) is 11.6. The summed E-state index contributed by atoms with van der Waals surface area (Å²) in [6.45, 7) is 6.79. The minimum atomic E-state index is -0.0851. The smallest absolute Gasteiger partial charge is 0.116 e. The summed E-state index contributed by atoms with van der Waals surface area (Å²) in [5.41, 5.74) is 7.21. The lowest BCUT2D eigenvalue weighted by molar-refractivity contribution is 0.649. The highest BCUT2D eigenvalue weighted by molar-refractivity contribution is 6.04. The van der Waals surface area contributed by atoms with E-state index in [-0.39, 0.29) is 5.41 Å². The maximum Gasteiger partial charge on any atom is 0.116 e. The van der Waals surface area contributed by atoms with Crippen LogP contribution in [0.1, 0.15) is 30.5 Å². The van der Waals surface area contributed by atoms with Crippen molar-refractivity contribution in [2.24, 2.45) is 0 Å². The molecule has 0 atom stereocenters. The van der Waals surface area contributed by atoms with Gasteiger partial charge in [-0.05, 0) is 40.5 Å². The van der Waals surface area contributed by atoms with Crippen LogP contribution < -0.4 is 0 Å². The van der Waals surface area contributed by atoms with Crippen molar-refractivity contribution in [1.82, 2.24) is 9.97 Å². The quantitative estimate of drug-likeness (QED) is 0.435. The molecular weight excluding hydrogens is 292 g/mol. The highest BCUT2D eigenvalue weighted by Gasteiger charge is 2.35. The highest BCUT2D eigenvalue weighted by Crippen LogP contribution is 2.49. The molecule has 0 saturated heterocycles. The van der Waals surface area contributed by atoms with E-state index in [9.17, 15) is 0 Å². The summed E-state index contributed by atoms with van der Waals surface area (Å²) in [5, 5.41) is 3.81. The number of benzene rings is 3. The van der Waals surface area contributed by atoms with Crippen molar-refractivity contribution in [3.63, 3.8) is 0 Å². The average molecular weight is 310 g/mol. The Morgan fingerprint density at radius 2 is 1.75 bits per heavy atom. The van der Waals surface area contributed by atoms with Crippen molar-refractivity contribution in [1.29, 1.82) is 0 Å². The lowest BCUT2D eigenvalue weighted by Crippen LogP contribution is -2.25. The van der Waals surface area contributed by atoms with Gasteiger partial charge in [-0.1, -0.05) is 56.3 Å². The van der Waals surface area contributed by atoms with Gasteiger partial charge in [0, 0.05) is 16.4 Å². The Kier molecular flexibility index (Phi) is 2.52. The fourth-order valence-electron chi connectivity index (χ4n) is 4.31. The molecule has 2 heteroatoms. The fourth-order valence-corrected chi connectivity index (χ4v) is 4.31. The topological polar surface area (TPSA) is 25.8 Å². The number of rotatable bonds is 0. The predicted molar refractivity (Wildman–Crippen MR) is 99.3 cm³/mol. The second-order valence-electron chi connectivity index (χ2n) is 7.26. The third-order valence-corrected chi connectivity index (χ3v) is 5.36. The van der Waals surface area contributed by atoms with Crippen LogP contribution in [0.25, 0.3) is 32.9 Å². The van der Waals surface area contributed by atoms with Gasteiger partial charge in [-0.2, -0.15) is 0 Å². The second-order valence-corrected chi connectivity index (χ2v) is 7.26. The summed E-state index contributed by atoms with van der Waals surface area (Å²) in [4.78, 5) is 9.20. The SMILES string of the molecule is Cc1cc2c3c(ncnc3c1)-c1ccc3ccccc3c1C2(C)C. The van der Waals surface area contributed by atoms with Gasteiger partial charge in [0.25, 0.3) is 0 Å². The second kappa shape index (κ2) is 4.41. The summed E-state index contributed by atoms with van der Waals surface area (Å²) in [5.74, 6) is 0. The van der Waals surface area contributed by atoms with E-state index in [1.807, 2.05) is 0 Å². The lowest BCUT2D eigenvalue weighted by Gasteiger charge is -2.35. The van der Waals surface area contributed by atoms with Gasteiger partial charge in [-0.25, -0.2) is 9.97 Å². The van der Waals surface area contributed by atoms with Crippen molar-refractivity contribution in [3.8, 4) is 11.3 Å². The first kappa shape index (κ1) is 13.7. The van der Waals surface area contributed by atoms with Gasteiger partial charge >= 0.3 is 0 Å². The van der Waals surface area contributed by atoms with E-state index in [0.29, 0.717) is 0 Å². The molecule has 24 heavy (non-hydrogen) atoms. The molecule has 1 aromatic heterocycles. The van der Waals surface area contributed by atoms with Gasteiger partial charge in [0.2, 0.25) is 0 Å². The fraction of sp³-hybridized carbons (Fsp3) is 0.182. The third kappa shape index (κ3) is 1.60. The van der Waals surface area contributed by atoms with Crippen LogP contribution in [0, 0.1) is 6.92 Å². The van der Waals surface area contributed by atoms with Gasteiger partial charge < -0.3 is 0 Å². The van der Waals surface area contributed by atoms with E-state index >= 15 is 0 Å². The highest BCUT2D eigenvalue weighted by atomic mass is 14.8. The molecule has 0 bridgehead atoms. The van der Waals surface area contributed by atoms with E-state index < -0.39 is 0 Å². The lowest BCUT2D eigenvalue weighted by atomic mass is 9.68. The van der Waals surface area contributed by atoms with E-state index in [2.05, 4.69) is 79.3 Å². The van der Waals surface area contributed by atoms with Crippen LogP contribution in [0.3, 0.4) is 0 Å². The van der Waals surface area contributed by atoms with Crippen molar-refractivity contribution in [3.05, 3.63) is 71.5 Å². The molecule has 4 aromatic rings. The van der Waals surface area contributed by atoms with Gasteiger partial charge in [-0.15, -0.1) is 0 Å². The van der Waals surface area contributed by atoms with Gasteiger partial charge in [0.1, 0.15) is 6.33 Å². The molecule has 0 spiro atoms. The van der Waals surface area contributed by atoms with E-state index in [4.69, 9.17) is 0 Å². The first-order valence-corrected chi connectivity index (χ1v) is 8.36. The zero-order chi connectivity index (χ0) is 16.5. The van der Waals surface area contributed by atoms with Crippen LogP contribution >= 0.6 is 0 Å². The van der Waals surface area contributed by atoms with Crippen molar-refractivity contribution < 1.29 is 0 Å². The molecule has 116 valence electrons. The van der Waals surface area contributed by atoms with Crippen LogP contribution in [-0.2, 0) is 5.41 Å². The maximum atomic E-state index is 4.67. The molecule has 0 aliphatic heterocycles. The van der Waals surface area contributed by atoms with Crippen molar-refractivity contribution in [2.45, 2.75) is 26.2 Å². The molecule has 2 nitrogen and oxygen atoms in total. The molecular formula is C22H18N2. The molecule has 0 N–H and O–H groups in total. The molecule has 5 rings (SSSR count). The molecule has 0 unspecified atom stereocenters. The Morgan fingerprint density at radius 3 is 2.62 bits per heavy atom. The first-order valence-electron chi connectivity index (χ1n) is 8.36. The third-order valence-electron chi connectivity index (χ3n) is 5.36. The minimum absolute atomic E-state index is 0.0851. The normalized spacial score (nSPS) is 14.8. The number of aromatic nitrogens is 2. The van der Waals surface area contributed by atoms with E-state index in [1.165, 1.54) is 38.4 Å². The van der Waals surface area contributed by atoms with Crippen LogP contribution in [0.4, 0.5) is 0 Å². The van der Waals surface area contributed by atoms with E-state index in [1.54, 1.807) is 6.33 Å². The summed E-state index contributed by atoms with van der Waals surface area (Å²) < 4.78 is 0. The monoisotopic (exact) mass is 310 g/mol. The summed E-state index contributed by atoms with van der Waals surface area (Å²) >= 11 is 0. The van der Waals surface area contributed by atoms with Crippen molar-refractivity contribution in [2.75, 3.05) is 0 Å². The number of hydrogen-bond donors (Lipinski definition) is 0. The Bertz CT molecular complexity index is 1140. The van der Waals surface area contributed by atoms with Crippen LogP contribution in [0.2, 0.25) is 0 Å². The zero-order valence-corrected chi connectivity index (χ0v) is 14.1. The number of aryl methyl sites for hydroxylation is 1. The summed E-state index contributed by atoms with van der Waals surface area (Å²) in [6, 6.07) is 17.5. The summed E-state index contributed by atoms with van der Waals surface area (Å²) in [7, 11) is 0. The Hall–Kier alpha value is -2.74. The van der Waals surface area contributed by atoms with Gasteiger partial charge in [-0.3, -0.25) is 0 Å². The van der Waals surface area contributed by atoms with Crippen LogP contribution in [0.5, 0.6) is 0 Å². The number of nitrogens with zero attached hydrogens (tertiary/aromatic N) is 2. The molecule has 0 saturated carbocycles. The molecule has 0 fully saturated rings. The maximum absolute atomic E-state index is 4.67. The van der Waals surface area contributed by atoms with Crippen LogP contribution in [0.15, 0.2) is 54.9 Å². The molecule has 3 aromatic carbocycles. The Labute approximate surface area is 141 Å².